The molecule has 0 spiro atoms. The molecule has 21 heavy (non-hydrogen) atoms. The molecule has 0 radical (unpaired) electrons. The number of sulfonamides is 1. The predicted octanol–water partition coefficient (Wildman–Crippen LogP) is 1.84. The molecule has 0 amide bonds. The van der Waals surface area contributed by atoms with Gasteiger partial charge in [0.2, 0.25) is 10.0 Å². The van der Waals surface area contributed by atoms with Crippen LogP contribution in [0.4, 0.5) is 5.69 Å². The minimum absolute atomic E-state index is 0.151. The van der Waals surface area contributed by atoms with Crippen molar-refractivity contribution in [1.29, 1.82) is 0 Å². The summed E-state index contributed by atoms with van der Waals surface area (Å²) in [4.78, 5) is 2.41. The van der Waals surface area contributed by atoms with Crippen molar-refractivity contribution >= 4 is 15.7 Å². The fourth-order valence-corrected chi connectivity index (χ4v) is 3.57. The van der Waals surface area contributed by atoms with Crippen LogP contribution < -0.4 is 10.5 Å². The highest BCUT2D eigenvalue weighted by Gasteiger charge is 2.19. The summed E-state index contributed by atoms with van der Waals surface area (Å²) in [5.41, 5.74) is 7.37. The van der Waals surface area contributed by atoms with Gasteiger partial charge in [-0.1, -0.05) is 26.8 Å². The van der Waals surface area contributed by atoms with Gasteiger partial charge in [-0.05, 0) is 44.1 Å². The summed E-state index contributed by atoms with van der Waals surface area (Å²) in [7, 11) is -3.53. The van der Waals surface area contributed by atoms with Gasteiger partial charge in [0.05, 0.1) is 4.90 Å². The first-order valence-corrected chi connectivity index (χ1v) is 8.95. The van der Waals surface area contributed by atoms with E-state index in [1.165, 1.54) is 6.07 Å². The molecule has 1 atom stereocenters. The Morgan fingerprint density at radius 2 is 1.86 bits per heavy atom. The molecule has 0 saturated heterocycles. The normalized spacial score (nSPS) is 13.6. The maximum absolute atomic E-state index is 12.4. The molecule has 1 unspecified atom stereocenters. The van der Waals surface area contributed by atoms with Crippen LogP contribution in [0.5, 0.6) is 0 Å². The molecule has 1 aromatic carbocycles. The quantitative estimate of drug-likeness (QED) is 0.718. The van der Waals surface area contributed by atoms with Crippen molar-refractivity contribution in [1.82, 2.24) is 9.62 Å². The highest BCUT2D eigenvalue weighted by molar-refractivity contribution is 7.89. The Bertz CT molecular complexity index is 554. The van der Waals surface area contributed by atoms with Crippen LogP contribution in [-0.2, 0) is 16.4 Å². The Balaban J connectivity index is 2.84. The minimum Gasteiger partial charge on any atom is -0.398 e. The monoisotopic (exact) mass is 313 g/mol. The largest absolute Gasteiger partial charge is 0.398 e. The molecule has 0 bridgehead atoms. The van der Waals surface area contributed by atoms with E-state index in [4.69, 9.17) is 5.73 Å². The van der Waals surface area contributed by atoms with E-state index < -0.39 is 10.0 Å². The van der Waals surface area contributed by atoms with E-state index >= 15 is 0 Å². The number of nitrogens with zero attached hydrogens (tertiary/aromatic N) is 1. The summed E-state index contributed by atoms with van der Waals surface area (Å²) in [5, 5.41) is 0. The van der Waals surface area contributed by atoms with Gasteiger partial charge >= 0.3 is 0 Å². The molecular formula is C15H27N3O2S. The van der Waals surface area contributed by atoms with Crippen molar-refractivity contribution in [2.45, 2.75) is 45.1 Å². The fourth-order valence-electron chi connectivity index (χ4n) is 2.30. The average molecular weight is 313 g/mol. The number of hydrogen-bond acceptors (Lipinski definition) is 4. The zero-order valence-corrected chi connectivity index (χ0v) is 14.2. The van der Waals surface area contributed by atoms with Gasteiger partial charge in [-0.15, -0.1) is 0 Å². The van der Waals surface area contributed by atoms with Gasteiger partial charge in [0.25, 0.3) is 0 Å². The van der Waals surface area contributed by atoms with Crippen molar-refractivity contribution in [3.05, 3.63) is 23.8 Å². The number of nitrogen functional groups attached to an aromatic ring is 1. The second-order valence-electron chi connectivity index (χ2n) is 5.22. The molecule has 0 heterocycles. The van der Waals surface area contributed by atoms with E-state index in [9.17, 15) is 8.42 Å². The second kappa shape index (κ2) is 7.77. The molecule has 1 aromatic rings. The van der Waals surface area contributed by atoms with Crippen molar-refractivity contribution in [2.24, 2.45) is 0 Å². The number of nitrogens with one attached hydrogen (secondary N) is 1. The van der Waals surface area contributed by atoms with E-state index in [1.807, 2.05) is 13.8 Å². The Morgan fingerprint density at radius 1 is 1.24 bits per heavy atom. The highest BCUT2D eigenvalue weighted by atomic mass is 32.2. The van der Waals surface area contributed by atoms with Gasteiger partial charge in [0, 0.05) is 18.3 Å². The second-order valence-corrected chi connectivity index (χ2v) is 6.94. The lowest BCUT2D eigenvalue weighted by atomic mass is 10.1. The number of aryl methyl sites for hydroxylation is 1. The van der Waals surface area contributed by atoms with Gasteiger partial charge in [-0.3, -0.25) is 0 Å². The highest BCUT2D eigenvalue weighted by Crippen LogP contribution is 2.18. The van der Waals surface area contributed by atoms with Crippen LogP contribution in [0.3, 0.4) is 0 Å². The maximum Gasteiger partial charge on any atom is 0.240 e. The Morgan fingerprint density at radius 3 is 2.33 bits per heavy atom. The summed E-state index contributed by atoms with van der Waals surface area (Å²) in [6.45, 7) is 10.5. The van der Waals surface area contributed by atoms with E-state index in [-0.39, 0.29) is 10.9 Å². The number of likely N-dealkylation sites (N-methyl/N-ethyl adjacent to an activating group) is 1. The molecule has 0 aliphatic rings. The van der Waals surface area contributed by atoms with Gasteiger partial charge < -0.3 is 10.6 Å². The summed E-state index contributed by atoms with van der Waals surface area (Å²) in [6.07, 6.45) is 0.790. The van der Waals surface area contributed by atoms with Crippen LogP contribution in [0, 0.1) is 0 Å². The molecule has 5 nitrogen and oxygen atoms in total. The molecule has 0 aliphatic carbocycles. The standard InChI is InChI=1S/C15H27N3O2S/c1-5-13-8-9-14(10-15(13)16)21(19,20)17-12(4)11-18(6-2)7-3/h8-10,12,17H,5-7,11,16H2,1-4H3. The predicted molar refractivity (Wildman–Crippen MR) is 87.8 cm³/mol. The summed E-state index contributed by atoms with van der Waals surface area (Å²) < 4.78 is 27.4. The molecule has 6 heteroatoms. The third kappa shape index (κ3) is 4.98. The molecule has 0 aromatic heterocycles. The SMILES string of the molecule is CCc1ccc(S(=O)(=O)NC(C)CN(CC)CC)cc1N. The topological polar surface area (TPSA) is 75.4 Å². The molecule has 1 rings (SSSR count). The van der Waals surface area contributed by atoms with Crippen LogP contribution in [-0.4, -0.2) is 39.0 Å². The zero-order chi connectivity index (χ0) is 16.0. The first-order chi connectivity index (χ1) is 9.83. The van der Waals surface area contributed by atoms with E-state index in [0.717, 1.165) is 25.1 Å². The number of benzene rings is 1. The van der Waals surface area contributed by atoms with Gasteiger partial charge in [-0.2, -0.15) is 0 Å². The van der Waals surface area contributed by atoms with Crippen molar-refractivity contribution in [3.8, 4) is 0 Å². The summed E-state index contributed by atoms with van der Waals surface area (Å²) in [5.74, 6) is 0. The van der Waals surface area contributed by atoms with Crippen molar-refractivity contribution in [3.63, 3.8) is 0 Å². The van der Waals surface area contributed by atoms with Gasteiger partial charge in [0.1, 0.15) is 0 Å². The minimum atomic E-state index is -3.53. The molecule has 0 fully saturated rings. The third-order valence-electron chi connectivity index (χ3n) is 3.59. The third-order valence-corrected chi connectivity index (χ3v) is 5.18. The zero-order valence-electron chi connectivity index (χ0n) is 13.4. The first-order valence-electron chi connectivity index (χ1n) is 7.47. The lowest BCUT2D eigenvalue weighted by Crippen LogP contribution is -2.41. The number of anilines is 1. The maximum atomic E-state index is 12.4. The van der Waals surface area contributed by atoms with Crippen LogP contribution >= 0.6 is 0 Å². The molecule has 0 saturated carbocycles. The van der Waals surface area contributed by atoms with Gasteiger partial charge in [0.15, 0.2) is 0 Å². The molecular weight excluding hydrogens is 286 g/mol. The van der Waals surface area contributed by atoms with Crippen molar-refractivity contribution < 1.29 is 8.42 Å². The molecule has 120 valence electrons. The van der Waals surface area contributed by atoms with E-state index in [2.05, 4.69) is 23.5 Å². The summed E-state index contributed by atoms with van der Waals surface area (Å²) >= 11 is 0. The molecule has 0 aliphatic heterocycles. The number of nitrogens with two attached hydrogens (primary N) is 1. The lowest BCUT2D eigenvalue weighted by Gasteiger charge is -2.23. The number of rotatable bonds is 8. The Labute approximate surface area is 128 Å². The van der Waals surface area contributed by atoms with Crippen LogP contribution in [0.15, 0.2) is 23.1 Å². The van der Waals surface area contributed by atoms with Crippen LogP contribution in [0.2, 0.25) is 0 Å². The van der Waals surface area contributed by atoms with Crippen LogP contribution in [0.1, 0.15) is 33.3 Å². The fraction of sp³-hybridized carbons (Fsp3) is 0.600. The van der Waals surface area contributed by atoms with Crippen molar-refractivity contribution in [2.75, 3.05) is 25.4 Å². The number of hydrogen-bond donors (Lipinski definition) is 2. The smallest absolute Gasteiger partial charge is 0.240 e. The lowest BCUT2D eigenvalue weighted by molar-refractivity contribution is 0.282. The average Bonchev–Trinajstić information content (AvgIpc) is 2.44. The first kappa shape index (κ1) is 17.9. The van der Waals surface area contributed by atoms with Gasteiger partial charge in [-0.25, -0.2) is 13.1 Å². The van der Waals surface area contributed by atoms with E-state index in [0.29, 0.717) is 12.2 Å². The van der Waals surface area contributed by atoms with Crippen LogP contribution in [0.25, 0.3) is 0 Å². The van der Waals surface area contributed by atoms with E-state index in [1.54, 1.807) is 12.1 Å². The summed E-state index contributed by atoms with van der Waals surface area (Å²) in [6, 6.07) is 4.77. The Hall–Kier alpha value is -1.11. The molecule has 3 N–H and O–H groups in total. The Kier molecular flexibility index (Phi) is 6.64.